The van der Waals surface area contributed by atoms with Gasteiger partial charge in [0.2, 0.25) is 0 Å². The summed E-state index contributed by atoms with van der Waals surface area (Å²) in [6.07, 6.45) is -0.360. The van der Waals surface area contributed by atoms with Gasteiger partial charge in [0.25, 0.3) is 5.91 Å². The number of hydrogen-bond acceptors (Lipinski definition) is 4. The van der Waals surface area contributed by atoms with Crippen LogP contribution in [0.4, 0.5) is 5.69 Å². The first-order valence-corrected chi connectivity index (χ1v) is 8.26. The number of nitrogen functional groups attached to an aromatic ring is 1. The van der Waals surface area contributed by atoms with E-state index >= 15 is 0 Å². The summed E-state index contributed by atoms with van der Waals surface area (Å²) in [5.41, 5.74) is 9.03. The maximum Gasteiger partial charge on any atom is 0.254 e. The fourth-order valence-corrected chi connectivity index (χ4v) is 3.08. The van der Waals surface area contributed by atoms with Crippen molar-refractivity contribution in [1.82, 2.24) is 4.90 Å². The Morgan fingerprint density at radius 1 is 1.24 bits per heavy atom. The number of carbonyl (C=O) groups is 1. The molecule has 1 aliphatic heterocycles. The van der Waals surface area contributed by atoms with Crippen LogP contribution in [0.15, 0.2) is 42.5 Å². The number of amides is 1. The minimum atomic E-state index is -0.365. The number of rotatable bonds is 3. The Morgan fingerprint density at radius 2 is 2.04 bits per heavy atom. The van der Waals surface area contributed by atoms with E-state index in [4.69, 9.17) is 10.5 Å². The van der Waals surface area contributed by atoms with Crippen LogP contribution in [0.1, 0.15) is 21.5 Å². The van der Waals surface area contributed by atoms with Crippen molar-refractivity contribution in [2.75, 3.05) is 18.8 Å². The SMILES string of the molecule is Cc1ccc(C)c(C(=O)N2CC(C#N)C(Oc3cccc(N)c3)C2)c1. The second kappa shape index (κ2) is 6.86. The number of nitriles is 1. The van der Waals surface area contributed by atoms with Crippen LogP contribution in [-0.4, -0.2) is 30.0 Å². The van der Waals surface area contributed by atoms with Gasteiger partial charge in [0.15, 0.2) is 0 Å². The van der Waals surface area contributed by atoms with Gasteiger partial charge in [0.05, 0.1) is 12.6 Å². The molecule has 2 N–H and O–H groups in total. The molecule has 1 heterocycles. The number of likely N-dealkylation sites (tertiary alicyclic amines) is 1. The van der Waals surface area contributed by atoms with Gasteiger partial charge in [-0.3, -0.25) is 4.79 Å². The van der Waals surface area contributed by atoms with Gasteiger partial charge in [-0.15, -0.1) is 0 Å². The van der Waals surface area contributed by atoms with Crippen molar-refractivity contribution in [3.8, 4) is 11.8 Å². The average Bonchev–Trinajstić information content (AvgIpc) is 2.99. The van der Waals surface area contributed by atoms with E-state index in [0.717, 1.165) is 11.1 Å². The smallest absolute Gasteiger partial charge is 0.254 e. The molecular weight excluding hydrogens is 314 g/mol. The number of anilines is 1. The minimum Gasteiger partial charge on any atom is -0.487 e. The first kappa shape index (κ1) is 16.8. The molecule has 128 valence electrons. The van der Waals surface area contributed by atoms with Crippen molar-refractivity contribution >= 4 is 11.6 Å². The zero-order chi connectivity index (χ0) is 18.0. The summed E-state index contributed by atoms with van der Waals surface area (Å²) in [6, 6.07) is 15.2. The molecule has 2 aromatic carbocycles. The standard InChI is InChI=1S/C20H21N3O2/c1-13-6-7-14(2)18(8-13)20(24)23-11-15(10-21)19(12-23)25-17-5-3-4-16(22)9-17/h3-9,15,19H,11-12,22H2,1-2H3. The molecule has 0 spiro atoms. The molecule has 2 unspecified atom stereocenters. The van der Waals surface area contributed by atoms with Crippen LogP contribution in [0.5, 0.6) is 5.75 Å². The van der Waals surface area contributed by atoms with E-state index in [1.54, 1.807) is 29.2 Å². The van der Waals surface area contributed by atoms with Crippen molar-refractivity contribution < 1.29 is 9.53 Å². The molecular formula is C20H21N3O2. The van der Waals surface area contributed by atoms with E-state index in [0.29, 0.717) is 30.1 Å². The van der Waals surface area contributed by atoms with Gasteiger partial charge in [0, 0.05) is 23.9 Å². The molecule has 2 aromatic rings. The van der Waals surface area contributed by atoms with E-state index in [9.17, 15) is 10.1 Å². The molecule has 1 aliphatic rings. The molecule has 3 rings (SSSR count). The highest BCUT2D eigenvalue weighted by molar-refractivity contribution is 5.96. The largest absolute Gasteiger partial charge is 0.487 e. The summed E-state index contributed by atoms with van der Waals surface area (Å²) in [7, 11) is 0. The maximum atomic E-state index is 12.9. The molecule has 0 bridgehead atoms. The van der Waals surface area contributed by atoms with Crippen molar-refractivity contribution in [3.63, 3.8) is 0 Å². The fraction of sp³-hybridized carbons (Fsp3) is 0.300. The van der Waals surface area contributed by atoms with Crippen LogP contribution >= 0.6 is 0 Å². The van der Waals surface area contributed by atoms with Gasteiger partial charge in [-0.1, -0.05) is 23.8 Å². The van der Waals surface area contributed by atoms with E-state index in [2.05, 4.69) is 6.07 Å². The van der Waals surface area contributed by atoms with Crippen LogP contribution in [-0.2, 0) is 0 Å². The molecule has 0 radical (unpaired) electrons. The van der Waals surface area contributed by atoms with Gasteiger partial charge in [-0.05, 0) is 37.6 Å². The average molecular weight is 335 g/mol. The number of nitrogens with zero attached hydrogens (tertiary/aromatic N) is 2. The molecule has 0 aliphatic carbocycles. The quantitative estimate of drug-likeness (QED) is 0.875. The number of nitrogens with two attached hydrogens (primary N) is 1. The zero-order valence-electron chi connectivity index (χ0n) is 14.4. The second-order valence-corrected chi connectivity index (χ2v) is 6.49. The number of hydrogen-bond donors (Lipinski definition) is 1. The van der Waals surface area contributed by atoms with Crippen molar-refractivity contribution in [1.29, 1.82) is 5.26 Å². The van der Waals surface area contributed by atoms with Crippen LogP contribution in [0.3, 0.4) is 0 Å². The first-order chi connectivity index (χ1) is 12.0. The highest BCUT2D eigenvalue weighted by Crippen LogP contribution is 2.26. The third-order valence-corrected chi connectivity index (χ3v) is 4.49. The Kier molecular flexibility index (Phi) is 4.62. The number of carbonyl (C=O) groups excluding carboxylic acids is 1. The maximum absolute atomic E-state index is 12.9. The minimum absolute atomic E-state index is 0.0554. The molecule has 2 atom stereocenters. The van der Waals surface area contributed by atoms with Crippen LogP contribution < -0.4 is 10.5 Å². The number of aryl methyl sites for hydroxylation is 2. The monoisotopic (exact) mass is 335 g/mol. The summed E-state index contributed by atoms with van der Waals surface area (Å²) in [4.78, 5) is 14.6. The highest BCUT2D eigenvalue weighted by atomic mass is 16.5. The summed E-state index contributed by atoms with van der Waals surface area (Å²) < 4.78 is 5.93. The number of benzene rings is 2. The zero-order valence-corrected chi connectivity index (χ0v) is 14.4. The third kappa shape index (κ3) is 3.58. The van der Waals surface area contributed by atoms with Gasteiger partial charge < -0.3 is 15.4 Å². The Hall–Kier alpha value is -3.00. The predicted molar refractivity (Wildman–Crippen MR) is 96.2 cm³/mol. The van der Waals surface area contributed by atoms with Crippen molar-refractivity contribution in [2.45, 2.75) is 20.0 Å². The predicted octanol–water partition coefficient (Wildman–Crippen LogP) is 2.93. The molecule has 25 heavy (non-hydrogen) atoms. The molecule has 5 heteroatoms. The summed E-state index contributed by atoms with van der Waals surface area (Å²) in [5, 5.41) is 9.45. The van der Waals surface area contributed by atoms with Gasteiger partial charge in [0.1, 0.15) is 17.8 Å². The highest BCUT2D eigenvalue weighted by Gasteiger charge is 2.37. The van der Waals surface area contributed by atoms with Gasteiger partial charge in [-0.25, -0.2) is 0 Å². The lowest BCUT2D eigenvalue weighted by Gasteiger charge is -2.18. The Morgan fingerprint density at radius 3 is 2.76 bits per heavy atom. The second-order valence-electron chi connectivity index (χ2n) is 6.49. The topological polar surface area (TPSA) is 79.3 Å². The first-order valence-electron chi connectivity index (χ1n) is 8.26. The third-order valence-electron chi connectivity index (χ3n) is 4.49. The lowest BCUT2D eigenvalue weighted by Crippen LogP contribution is -2.31. The van der Waals surface area contributed by atoms with Gasteiger partial charge >= 0.3 is 0 Å². The molecule has 1 saturated heterocycles. The lowest BCUT2D eigenvalue weighted by atomic mass is 10.0. The molecule has 0 saturated carbocycles. The molecule has 0 aromatic heterocycles. The summed E-state index contributed by atoms with van der Waals surface area (Å²) in [5.74, 6) is 0.196. The fourth-order valence-electron chi connectivity index (χ4n) is 3.08. The van der Waals surface area contributed by atoms with Crippen molar-refractivity contribution in [2.24, 2.45) is 5.92 Å². The van der Waals surface area contributed by atoms with E-state index in [1.807, 2.05) is 32.0 Å². The van der Waals surface area contributed by atoms with Gasteiger partial charge in [-0.2, -0.15) is 5.26 Å². The number of ether oxygens (including phenoxy) is 1. The van der Waals surface area contributed by atoms with Crippen LogP contribution in [0.25, 0.3) is 0 Å². The Labute approximate surface area is 147 Å². The van der Waals surface area contributed by atoms with Crippen LogP contribution in [0.2, 0.25) is 0 Å². The molecule has 1 fully saturated rings. The lowest BCUT2D eigenvalue weighted by molar-refractivity contribution is 0.0771. The van der Waals surface area contributed by atoms with Crippen molar-refractivity contribution in [3.05, 3.63) is 59.2 Å². The normalized spacial score (nSPS) is 19.5. The van der Waals surface area contributed by atoms with E-state index < -0.39 is 0 Å². The van der Waals surface area contributed by atoms with Crippen LogP contribution in [0, 0.1) is 31.1 Å². The Balaban J connectivity index is 1.78. The molecule has 1 amide bonds. The Bertz CT molecular complexity index is 841. The van der Waals surface area contributed by atoms with E-state index in [1.165, 1.54) is 0 Å². The van der Waals surface area contributed by atoms with E-state index in [-0.39, 0.29) is 17.9 Å². The molecule has 5 nitrogen and oxygen atoms in total. The summed E-state index contributed by atoms with van der Waals surface area (Å²) >= 11 is 0. The summed E-state index contributed by atoms with van der Waals surface area (Å²) in [6.45, 7) is 4.64.